The summed E-state index contributed by atoms with van der Waals surface area (Å²) < 4.78 is 13.5. The van der Waals surface area contributed by atoms with Crippen molar-refractivity contribution in [1.82, 2.24) is 4.90 Å². The summed E-state index contributed by atoms with van der Waals surface area (Å²) in [6.07, 6.45) is 5.54. The van der Waals surface area contributed by atoms with Crippen LogP contribution >= 0.6 is 0 Å². The van der Waals surface area contributed by atoms with Gasteiger partial charge in [0, 0.05) is 22.9 Å². The van der Waals surface area contributed by atoms with Crippen molar-refractivity contribution in [2.24, 2.45) is 4.99 Å². The number of ketones is 1. The highest BCUT2D eigenvalue weighted by molar-refractivity contribution is 5.96. The summed E-state index contributed by atoms with van der Waals surface area (Å²) in [7, 11) is 0. The van der Waals surface area contributed by atoms with E-state index in [9.17, 15) is 9.18 Å². The molecule has 0 N–H and O–H groups in total. The molecule has 27 heavy (non-hydrogen) atoms. The third-order valence-corrected chi connectivity index (χ3v) is 4.47. The minimum absolute atomic E-state index is 0.0197. The Labute approximate surface area is 158 Å². The van der Waals surface area contributed by atoms with Crippen LogP contribution in [0.1, 0.15) is 23.6 Å². The summed E-state index contributed by atoms with van der Waals surface area (Å²) in [5.74, 6) is -0.286. The van der Waals surface area contributed by atoms with Gasteiger partial charge in [0.15, 0.2) is 5.78 Å². The SMILES string of the molecule is C=N/C(=C(/c1ccc(F)cc1)N1C=CC=C(C(C)=O)C1)c1ccc(C)cc1. The Hall–Kier alpha value is -3.27. The van der Waals surface area contributed by atoms with Crippen LogP contribution in [0.2, 0.25) is 0 Å². The maximum absolute atomic E-state index is 13.5. The second-order valence-corrected chi connectivity index (χ2v) is 6.45. The Bertz CT molecular complexity index is 951. The number of Topliss-reactive ketones (excluding diaryl/α,β-unsaturated/α-hetero) is 1. The monoisotopic (exact) mass is 360 g/mol. The molecular formula is C23H21FN2O. The molecule has 0 saturated carbocycles. The van der Waals surface area contributed by atoms with Gasteiger partial charge in [0.2, 0.25) is 0 Å². The van der Waals surface area contributed by atoms with E-state index in [4.69, 9.17) is 0 Å². The van der Waals surface area contributed by atoms with Gasteiger partial charge in [0.05, 0.1) is 17.9 Å². The molecule has 0 radical (unpaired) electrons. The van der Waals surface area contributed by atoms with Crippen LogP contribution < -0.4 is 0 Å². The summed E-state index contributed by atoms with van der Waals surface area (Å²) >= 11 is 0. The van der Waals surface area contributed by atoms with Crippen molar-refractivity contribution in [3.8, 4) is 0 Å². The molecule has 1 aliphatic rings. The number of rotatable bonds is 5. The molecule has 2 aromatic rings. The van der Waals surface area contributed by atoms with Gasteiger partial charge < -0.3 is 4.90 Å². The minimum Gasteiger partial charge on any atom is -0.341 e. The van der Waals surface area contributed by atoms with Crippen molar-refractivity contribution in [2.75, 3.05) is 6.54 Å². The Morgan fingerprint density at radius 1 is 1.07 bits per heavy atom. The number of aliphatic imine (C=N–C) groups is 1. The van der Waals surface area contributed by atoms with Crippen LogP contribution in [0.15, 0.2) is 77.4 Å². The standard InChI is InChI=1S/C23H21FN2O/c1-16-6-8-18(9-7-16)22(25-3)23(19-10-12-21(24)13-11-19)26-14-4-5-20(15-26)17(2)27/h4-14H,3,15H2,1-2H3/b23-22-. The highest BCUT2D eigenvalue weighted by atomic mass is 19.1. The van der Waals surface area contributed by atoms with E-state index in [1.165, 1.54) is 12.1 Å². The van der Waals surface area contributed by atoms with Crippen LogP contribution in [0.4, 0.5) is 4.39 Å². The maximum Gasteiger partial charge on any atom is 0.157 e. The van der Waals surface area contributed by atoms with E-state index in [1.807, 2.05) is 54.4 Å². The molecular weight excluding hydrogens is 339 g/mol. The lowest BCUT2D eigenvalue weighted by Crippen LogP contribution is -2.24. The summed E-state index contributed by atoms with van der Waals surface area (Å²) in [6, 6.07) is 14.2. The molecule has 0 unspecified atom stereocenters. The Morgan fingerprint density at radius 2 is 1.70 bits per heavy atom. The average molecular weight is 360 g/mol. The van der Waals surface area contributed by atoms with Gasteiger partial charge in [-0.05, 0) is 50.9 Å². The van der Waals surface area contributed by atoms with Crippen molar-refractivity contribution in [3.63, 3.8) is 0 Å². The number of carbonyl (C=O) groups is 1. The van der Waals surface area contributed by atoms with Gasteiger partial charge in [0.25, 0.3) is 0 Å². The smallest absolute Gasteiger partial charge is 0.157 e. The van der Waals surface area contributed by atoms with Crippen molar-refractivity contribution in [3.05, 3.63) is 95.0 Å². The minimum atomic E-state index is -0.306. The first-order valence-corrected chi connectivity index (χ1v) is 8.68. The van der Waals surface area contributed by atoms with E-state index in [2.05, 4.69) is 11.7 Å². The van der Waals surface area contributed by atoms with E-state index in [0.717, 1.165) is 22.4 Å². The number of aryl methyl sites for hydroxylation is 1. The molecule has 2 aromatic carbocycles. The van der Waals surface area contributed by atoms with Crippen LogP contribution in [0, 0.1) is 12.7 Å². The van der Waals surface area contributed by atoms with Crippen LogP contribution in [0.5, 0.6) is 0 Å². The number of hydrogen-bond donors (Lipinski definition) is 0. The lowest BCUT2D eigenvalue weighted by Gasteiger charge is -2.28. The molecule has 136 valence electrons. The average Bonchev–Trinajstić information content (AvgIpc) is 2.68. The third kappa shape index (κ3) is 4.11. The van der Waals surface area contributed by atoms with E-state index >= 15 is 0 Å². The molecule has 0 aliphatic carbocycles. The molecule has 0 atom stereocenters. The molecule has 0 aromatic heterocycles. The Balaban J connectivity index is 2.17. The number of hydrogen-bond acceptors (Lipinski definition) is 3. The fraction of sp³-hybridized carbons (Fsp3) is 0.130. The first-order chi connectivity index (χ1) is 13.0. The predicted octanol–water partition coefficient (Wildman–Crippen LogP) is 5.01. The lowest BCUT2D eigenvalue weighted by molar-refractivity contribution is -0.113. The number of benzene rings is 2. The first-order valence-electron chi connectivity index (χ1n) is 8.68. The largest absolute Gasteiger partial charge is 0.341 e. The zero-order valence-corrected chi connectivity index (χ0v) is 15.4. The molecule has 0 fully saturated rings. The van der Waals surface area contributed by atoms with Gasteiger partial charge in [-0.2, -0.15) is 0 Å². The number of allylic oxidation sites excluding steroid dienone is 2. The zero-order valence-electron chi connectivity index (χ0n) is 15.4. The highest BCUT2D eigenvalue weighted by Gasteiger charge is 2.20. The van der Waals surface area contributed by atoms with E-state index in [0.29, 0.717) is 17.8 Å². The third-order valence-electron chi connectivity index (χ3n) is 4.47. The van der Waals surface area contributed by atoms with E-state index < -0.39 is 0 Å². The number of nitrogens with zero attached hydrogens (tertiary/aromatic N) is 2. The molecule has 1 heterocycles. The summed E-state index contributed by atoms with van der Waals surface area (Å²) in [6.45, 7) is 7.75. The van der Waals surface area contributed by atoms with Gasteiger partial charge >= 0.3 is 0 Å². The molecule has 1 aliphatic heterocycles. The normalized spacial score (nSPS) is 14.5. The van der Waals surface area contributed by atoms with Crippen LogP contribution in [-0.2, 0) is 4.79 Å². The fourth-order valence-electron chi connectivity index (χ4n) is 2.99. The summed E-state index contributed by atoms with van der Waals surface area (Å²) in [4.78, 5) is 18.1. The highest BCUT2D eigenvalue weighted by Crippen LogP contribution is 2.32. The second kappa shape index (κ2) is 7.96. The molecule has 0 bridgehead atoms. The van der Waals surface area contributed by atoms with Crippen LogP contribution in [0.3, 0.4) is 0 Å². The van der Waals surface area contributed by atoms with Gasteiger partial charge in [-0.3, -0.25) is 9.79 Å². The van der Waals surface area contributed by atoms with Gasteiger partial charge in [-0.25, -0.2) is 4.39 Å². The number of carbonyl (C=O) groups excluding carboxylic acids is 1. The number of halogens is 1. The Kier molecular flexibility index (Phi) is 5.46. The second-order valence-electron chi connectivity index (χ2n) is 6.45. The molecule has 3 rings (SSSR count). The van der Waals surface area contributed by atoms with Crippen molar-refractivity contribution < 1.29 is 9.18 Å². The summed E-state index contributed by atoms with van der Waals surface area (Å²) in [5, 5.41) is 0. The molecule has 3 nitrogen and oxygen atoms in total. The van der Waals surface area contributed by atoms with Crippen molar-refractivity contribution in [1.29, 1.82) is 0 Å². The molecule has 0 saturated heterocycles. The molecule has 0 amide bonds. The van der Waals surface area contributed by atoms with Crippen molar-refractivity contribution >= 4 is 23.9 Å². The molecule has 4 heteroatoms. The van der Waals surface area contributed by atoms with Gasteiger partial charge in [0.1, 0.15) is 5.82 Å². The van der Waals surface area contributed by atoms with E-state index in [-0.39, 0.29) is 11.6 Å². The summed E-state index contributed by atoms with van der Waals surface area (Å²) in [5.41, 5.74) is 5.00. The van der Waals surface area contributed by atoms with Crippen molar-refractivity contribution in [2.45, 2.75) is 13.8 Å². The van der Waals surface area contributed by atoms with Crippen LogP contribution in [-0.4, -0.2) is 23.9 Å². The fourth-order valence-corrected chi connectivity index (χ4v) is 2.99. The van der Waals surface area contributed by atoms with Gasteiger partial charge in [-0.1, -0.05) is 35.9 Å². The lowest BCUT2D eigenvalue weighted by atomic mass is 10.0. The Morgan fingerprint density at radius 3 is 2.30 bits per heavy atom. The van der Waals surface area contributed by atoms with Crippen LogP contribution in [0.25, 0.3) is 11.4 Å². The molecule has 0 spiro atoms. The van der Waals surface area contributed by atoms with E-state index in [1.54, 1.807) is 19.1 Å². The predicted molar refractivity (Wildman–Crippen MR) is 109 cm³/mol. The quantitative estimate of drug-likeness (QED) is 0.555. The topological polar surface area (TPSA) is 32.7 Å². The first kappa shape index (κ1) is 18.5. The zero-order chi connectivity index (χ0) is 19.4. The maximum atomic E-state index is 13.5. The van der Waals surface area contributed by atoms with Gasteiger partial charge in [-0.15, -0.1) is 0 Å².